The van der Waals surface area contributed by atoms with Gasteiger partial charge in [0.2, 0.25) is 5.91 Å². The summed E-state index contributed by atoms with van der Waals surface area (Å²) in [6.07, 6.45) is 15.9. The van der Waals surface area contributed by atoms with Crippen LogP contribution >= 0.6 is 0 Å². The molecule has 0 aliphatic carbocycles. The number of aliphatic carboxylic acids is 1. The van der Waals surface area contributed by atoms with Crippen molar-refractivity contribution in [3.05, 3.63) is 0 Å². The molecule has 0 aromatic heterocycles. The predicted molar refractivity (Wildman–Crippen MR) is 101 cm³/mol. The van der Waals surface area contributed by atoms with Crippen molar-refractivity contribution in [1.82, 2.24) is 4.90 Å². The van der Waals surface area contributed by atoms with E-state index in [0.29, 0.717) is 19.4 Å². The first-order valence-corrected chi connectivity index (χ1v) is 9.69. The number of carboxylic acids is 1. The summed E-state index contributed by atoms with van der Waals surface area (Å²) in [6, 6.07) is -0.574. The van der Waals surface area contributed by atoms with Gasteiger partial charge in [-0.05, 0) is 19.3 Å². The first-order valence-electron chi connectivity index (χ1n) is 9.69. The fourth-order valence-corrected chi connectivity index (χ4v) is 3.41. The summed E-state index contributed by atoms with van der Waals surface area (Å²) in [4.78, 5) is 24.7. The van der Waals surface area contributed by atoms with Crippen LogP contribution in [0.3, 0.4) is 0 Å². The molecule has 0 aromatic carbocycles. The van der Waals surface area contributed by atoms with Crippen molar-refractivity contribution in [1.29, 1.82) is 0 Å². The van der Waals surface area contributed by atoms with Crippen LogP contribution in [0.4, 0.5) is 0 Å². The van der Waals surface area contributed by atoms with Gasteiger partial charge in [-0.3, -0.25) is 4.79 Å². The van der Waals surface area contributed by atoms with Gasteiger partial charge in [0.25, 0.3) is 0 Å². The summed E-state index contributed by atoms with van der Waals surface area (Å²) in [5.41, 5.74) is 0. The molecule has 1 aliphatic heterocycles. The molecule has 1 rings (SSSR count). The number of carboxylic acid groups (broad SMARTS) is 1. The Bertz CT molecular complexity index is 350. The first-order chi connectivity index (χ1) is 11.2. The van der Waals surface area contributed by atoms with Gasteiger partial charge >= 0.3 is 35.5 Å². The third-order valence-electron chi connectivity index (χ3n) is 4.85. The molecule has 0 radical (unpaired) electrons. The second-order valence-electron chi connectivity index (χ2n) is 6.87. The Hall–Kier alpha value is -0.0600. The van der Waals surface area contributed by atoms with Gasteiger partial charge in [-0.1, -0.05) is 71.1 Å². The fourth-order valence-electron chi connectivity index (χ4n) is 3.41. The second-order valence-corrected chi connectivity index (χ2v) is 6.87. The van der Waals surface area contributed by atoms with Crippen molar-refractivity contribution in [2.75, 3.05) is 6.54 Å². The SMILES string of the molecule is CCCCCCCCCCCCCC(=O)N1CCC[C@@H]1C(=O)O.[NaH]. The number of carbonyl (C=O) groups is 2. The van der Waals surface area contributed by atoms with E-state index in [2.05, 4.69) is 6.92 Å². The predicted octanol–water partition coefficient (Wildman–Crippen LogP) is 4.11. The summed E-state index contributed by atoms with van der Waals surface area (Å²) < 4.78 is 0. The molecular formula is C19H36NNaO3. The van der Waals surface area contributed by atoms with Gasteiger partial charge in [-0.15, -0.1) is 0 Å². The third-order valence-corrected chi connectivity index (χ3v) is 4.85. The molecule has 1 atom stereocenters. The monoisotopic (exact) mass is 349 g/mol. The van der Waals surface area contributed by atoms with E-state index in [1.807, 2.05) is 0 Å². The van der Waals surface area contributed by atoms with Gasteiger partial charge in [0.05, 0.1) is 0 Å². The molecular weight excluding hydrogens is 313 g/mol. The summed E-state index contributed by atoms with van der Waals surface area (Å²) in [5.74, 6) is -0.819. The van der Waals surface area contributed by atoms with Crippen molar-refractivity contribution >= 4 is 41.4 Å². The number of likely N-dealkylation sites (tertiary alicyclic amines) is 1. The van der Waals surface area contributed by atoms with E-state index in [1.165, 1.54) is 57.8 Å². The molecule has 0 aromatic rings. The second kappa shape index (κ2) is 15.2. The minimum absolute atomic E-state index is 0. The van der Waals surface area contributed by atoms with Crippen LogP contribution in [0.15, 0.2) is 0 Å². The van der Waals surface area contributed by atoms with Crippen LogP contribution < -0.4 is 0 Å². The van der Waals surface area contributed by atoms with Crippen LogP contribution in [0.25, 0.3) is 0 Å². The van der Waals surface area contributed by atoms with Gasteiger partial charge in [0, 0.05) is 13.0 Å². The van der Waals surface area contributed by atoms with Crippen molar-refractivity contribution in [2.24, 2.45) is 0 Å². The number of rotatable bonds is 13. The third kappa shape index (κ3) is 10.0. The van der Waals surface area contributed by atoms with E-state index >= 15 is 0 Å². The van der Waals surface area contributed by atoms with E-state index in [0.717, 1.165) is 19.3 Å². The number of nitrogens with zero attached hydrogens (tertiary/aromatic N) is 1. The molecule has 1 saturated heterocycles. The average Bonchev–Trinajstić information content (AvgIpc) is 3.02. The molecule has 1 amide bonds. The molecule has 1 heterocycles. The summed E-state index contributed by atoms with van der Waals surface area (Å²) in [7, 11) is 0. The van der Waals surface area contributed by atoms with Crippen LogP contribution in [-0.4, -0.2) is 64.0 Å². The van der Waals surface area contributed by atoms with Gasteiger partial charge in [-0.2, -0.15) is 0 Å². The van der Waals surface area contributed by atoms with Gasteiger partial charge in [0.15, 0.2) is 0 Å². The Labute approximate surface area is 170 Å². The van der Waals surface area contributed by atoms with E-state index in [9.17, 15) is 9.59 Å². The van der Waals surface area contributed by atoms with Gasteiger partial charge in [-0.25, -0.2) is 4.79 Å². The maximum atomic E-state index is 12.1. The summed E-state index contributed by atoms with van der Waals surface area (Å²) >= 11 is 0. The van der Waals surface area contributed by atoms with Gasteiger partial charge in [0.1, 0.15) is 6.04 Å². The number of unbranched alkanes of at least 4 members (excludes halogenated alkanes) is 10. The molecule has 1 N–H and O–H groups in total. The van der Waals surface area contributed by atoms with Crippen LogP contribution in [0.1, 0.15) is 96.8 Å². The van der Waals surface area contributed by atoms with Crippen LogP contribution in [0, 0.1) is 0 Å². The number of carbonyl (C=O) groups excluding carboxylic acids is 1. The molecule has 0 unspecified atom stereocenters. The van der Waals surface area contributed by atoms with E-state index in [-0.39, 0.29) is 35.5 Å². The van der Waals surface area contributed by atoms with E-state index in [4.69, 9.17) is 5.11 Å². The molecule has 136 valence electrons. The van der Waals surface area contributed by atoms with E-state index in [1.54, 1.807) is 4.90 Å². The number of hydrogen-bond donors (Lipinski definition) is 1. The zero-order valence-corrected chi connectivity index (χ0v) is 14.9. The summed E-state index contributed by atoms with van der Waals surface area (Å²) in [5, 5.41) is 9.10. The van der Waals surface area contributed by atoms with Crippen LogP contribution in [0.2, 0.25) is 0 Å². The van der Waals surface area contributed by atoms with E-state index < -0.39 is 12.0 Å². The summed E-state index contributed by atoms with van der Waals surface area (Å²) in [6.45, 7) is 2.87. The Kier molecular flexibility index (Phi) is 15.2. The van der Waals surface area contributed by atoms with Crippen molar-refractivity contribution in [3.63, 3.8) is 0 Å². The molecule has 5 heteroatoms. The quantitative estimate of drug-likeness (QED) is 0.402. The fraction of sp³-hybridized carbons (Fsp3) is 0.895. The van der Waals surface area contributed by atoms with Crippen molar-refractivity contribution in [2.45, 2.75) is 103 Å². The zero-order valence-electron chi connectivity index (χ0n) is 14.9. The molecule has 1 fully saturated rings. The molecule has 0 saturated carbocycles. The molecule has 0 spiro atoms. The van der Waals surface area contributed by atoms with Crippen molar-refractivity contribution in [3.8, 4) is 0 Å². The van der Waals surface area contributed by atoms with Crippen LogP contribution in [-0.2, 0) is 9.59 Å². The normalized spacial score (nSPS) is 16.9. The zero-order chi connectivity index (χ0) is 16.9. The maximum absolute atomic E-state index is 12.1. The molecule has 24 heavy (non-hydrogen) atoms. The average molecular weight is 349 g/mol. The van der Waals surface area contributed by atoms with Crippen molar-refractivity contribution < 1.29 is 14.7 Å². The topological polar surface area (TPSA) is 57.6 Å². The molecule has 0 bridgehead atoms. The number of amides is 1. The Morgan fingerprint density at radius 1 is 0.917 bits per heavy atom. The standard InChI is InChI=1S/C19H35NO3.Na.H/c1-2-3-4-5-6-7-8-9-10-11-12-15-18(21)20-16-13-14-17(20)19(22)23;;/h17H,2-16H2,1H3,(H,22,23);;/t17-;;/m1../s1. The molecule has 1 aliphatic rings. The van der Waals surface area contributed by atoms with Crippen LogP contribution in [0.5, 0.6) is 0 Å². The van der Waals surface area contributed by atoms with Gasteiger partial charge < -0.3 is 10.0 Å². The number of hydrogen-bond acceptors (Lipinski definition) is 2. The first kappa shape index (κ1) is 23.9. The molecule has 4 nitrogen and oxygen atoms in total. The Morgan fingerprint density at radius 3 is 1.92 bits per heavy atom. The minimum atomic E-state index is -0.852. The Balaban J connectivity index is 0.00000529. The Morgan fingerprint density at radius 2 is 1.42 bits per heavy atom.